The summed E-state index contributed by atoms with van der Waals surface area (Å²) >= 11 is 0. The molecule has 0 unspecified atom stereocenters. The highest BCUT2D eigenvalue weighted by Crippen LogP contribution is 2.16. The Labute approximate surface area is 83.0 Å². The molecule has 4 heteroatoms. The summed E-state index contributed by atoms with van der Waals surface area (Å²) in [5.41, 5.74) is 0.592. The fourth-order valence-corrected chi connectivity index (χ4v) is 1.54. The second-order valence-electron chi connectivity index (χ2n) is 3.30. The average Bonchev–Trinajstić information content (AvgIpc) is 2.30. The van der Waals surface area contributed by atoms with Crippen molar-refractivity contribution in [1.82, 2.24) is 10.3 Å². The van der Waals surface area contributed by atoms with Crippen molar-refractivity contribution in [2.45, 2.75) is 0 Å². The van der Waals surface area contributed by atoms with Gasteiger partial charge in [-0.2, -0.15) is 5.01 Å². The van der Waals surface area contributed by atoms with E-state index in [1.54, 1.807) is 17.1 Å². The number of hydrazine groups is 1. The lowest BCUT2D eigenvalue weighted by atomic mass is 10.3. The van der Waals surface area contributed by atoms with Crippen molar-refractivity contribution in [3.8, 4) is 0 Å². The third-order valence-electron chi connectivity index (χ3n) is 2.31. The fourth-order valence-electron chi connectivity index (χ4n) is 1.54. The van der Waals surface area contributed by atoms with E-state index in [0.29, 0.717) is 18.8 Å². The molecule has 0 spiro atoms. The highest BCUT2D eigenvalue weighted by molar-refractivity contribution is 5.42. The zero-order valence-corrected chi connectivity index (χ0v) is 7.99. The van der Waals surface area contributed by atoms with Crippen LogP contribution in [0.15, 0.2) is 30.3 Å². The molecule has 1 saturated heterocycles. The molecule has 1 aromatic carbocycles. The smallest absolute Gasteiger partial charge is 0.0877 e. The maximum absolute atomic E-state index is 13.8. The Morgan fingerprint density at radius 1 is 1.14 bits per heavy atom. The molecule has 1 aromatic rings. The predicted molar refractivity (Wildman–Crippen MR) is 54.5 cm³/mol. The number of para-hydroxylation sites is 1. The van der Waals surface area contributed by atoms with Crippen LogP contribution in [0.3, 0.4) is 0 Å². The van der Waals surface area contributed by atoms with E-state index in [1.165, 1.54) is 0 Å². The summed E-state index contributed by atoms with van der Waals surface area (Å²) in [5, 5.41) is 5.62. The molecule has 76 valence electrons. The van der Waals surface area contributed by atoms with Gasteiger partial charge in [-0.3, -0.25) is 0 Å². The normalized spacial score (nSPS) is 18.1. The fraction of sp³-hybridized carbons (Fsp3) is 0.400. The molecule has 1 heterocycles. The maximum atomic E-state index is 13.8. The van der Waals surface area contributed by atoms with Crippen LogP contribution >= 0.6 is 0 Å². The van der Waals surface area contributed by atoms with Crippen LogP contribution in [0.1, 0.15) is 0 Å². The molecule has 2 rings (SSSR count). The maximum Gasteiger partial charge on any atom is 0.0877 e. The predicted octanol–water partition coefficient (Wildman–Crippen LogP) is 1.20. The molecule has 1 fully saturated rings. The minimum absolute atomic E-state index is 0.592. The van der Waals surface area contributed by atoms with Crippen LogP contribution in [0.5, 0.6) is 0 Å². The van der Waals surface area contributed by atoms with Gasteiger partial charge in [-0.25, -0.2) is 0 Å². The molecule has 0 bridgehead atoms. The van der Waals surface area contributed by atoms with Crippen molar-refractivity contribution in [2.24, 2.45) is 0 Å². The first-order valence-corrected chi connectivity index (χ1v) is 4.84. The molecule has 3 nitrogen and oxygen atoms in total. The molecule has 1 N–H and O–H groups in total. The van der Waals surface area contributed by atoms with Crippen LogP contribution < -0.4 is 10.5 Å². The topological polar surface area (TPSA) is 18.5 Å². The number of nitrogens with zero attached hydrogens (tertiary/aromatic N) is 2. The summed E-state index contributed by atoms with van der Waals surface area (Å²) in [7, 11) is 0. The van der Waals surface area contributed by atoms with Gasteiger partial charge < -0.3 is 5.32 Å². The SMILES string of the molecule is FN(c1ccccc1)N1CCNCC1. The molecule has 1 aliphatic rings. The van der Waals surface area contributed by atoms with Gasteiger partial charge >= 0.3 is 0 Å². The van der Waals surface area contributed by atoms with Crippen molar-refractivity contribution < 1.29 is 4.48 Å². The second kappa shape index (κ2) is 4.39. The number of rotatable bonds is 2. The van der Waals surface area contributed by atoms with Gasteiger partial charge in [0.25, 0.3) is 0 Å². The molecule has 0 atom stereocenters. The van der Waals surface area contributed by atoms with Gasteiger partial charge in [0.05, 0.1) is 5.69 Å². The number of anilines is 1. The van der Waals surface area contributed by atoms with Crippen molar-refractivity contribution in [2.75, 3.05) is 31.4 Å². The number of benzene rings is 1. The number of nitrogens with one attached hydrogen (secondary N) is 1. The summed E-state index contributed by atoms with van der Waals surface area (Å²) in [6.07, 6.45) is 0. The molecule has 0 aromatic heterocycles. The highest BCUT2D eigenvalue weighted by Gasteiger charge is 2.17. The van der Waals surface area contributed by atoms with Gasteiger partial charge in [0.15, 0.2) is 0 Å². The van der Waals surface area contributed by atoms with Gasteiger partial charge in [0.2, 0.25) is 0 Å². The lowest BCUT2D eigenvalue weighted by Crippen LogP contribution is -2.49. The standard InChI is InChI=1S/C10H14FN3/c11-14(10-4-2-1-3-5-10)13-8-6-12-7-9-13/h1-5,12H,6-9H2. The van der Waals surface area contributed by atoms with Crippen LogP contribution in [0.25, 0.3) is 0 Å². The molecule has 14 heavy (non-hydrogen) atoms. The summed E-state index contributed by atoms with van der Waals surface area (Å²) < 4.78 is 13.8. The Balaban J connectivity index is 2.03. The number of hydrogen-bond acceptors (Lipinski definition) is 3. The van der Waals surface area contributed by atoms with Crippen molar-refractivity contribution in [1.29, 1.82) is 0 Å². The van der Waals surface area contributed by atoms with E-state index < -0.39 is 0 Å². The first-order chi connectivity index (χ1) is 6.88. The van der Waals surface area contributed by atoms with Crippen LogP contribution in [0.2, 0.25) is 0 Å². The summed E-state index contributed by atoms with van der Waals surface area (Å²) in [4.78, 5) is 0. The third kappa shape index (κ3) is 2.02. The molecule has 0 radical (unpaired) electrons. The molecule has 0 amide bonds. The zero-order chi connectivity index (χ0) is 9.80. The van der Waals surface area contributed by atoms with E-state index in [1.807, 2.05) is 18.2 Å². The van der Waals surface area contributed by atoms with Gasteiger partial charge in [-0.1, -0.05) is 22.7 Å². The minimum Gasteiger partial charge on any atom is -0.314 e. The number of halogens is 1. The van der Waals surface area contributed by atoms with Crippen molar-refractivity contribution in [3.63, 3.8) is 0 Å². The second-order valence-corrected chi connectivity index (χ2v) is 3.30. The van der Waals surface area contributed by atoms with Crippen LogP contribution in [0, 0.1) is 0 Å². The molecular weight excluding hydrogens is 181 g/mol. The Morgan fingerprint density at radius 3 is 2.43 bits per heavy atom. The van der Waals surface area contributed by atoms with E-state index in [-0.39, 0.29) is 0 Å². The molecule has 1 aliphatic heterocycles. The largest absolute Gasteiger partial charge is 0.314 e. The van der Waals surface area contributed by atoms with Crippen LogP contribution in [-0.2, 0) is 0 Å². The Hall–Kier alpha value is -1.13. The number of piperazine rings is 1. The van der Waals surface area contributed by atoms with E-state index in [9.17, 15) is 4.48 Å². The van der Waals surface area contributed by atoms with E-state index in [4.69, 9.17) is 0 Å². The summed E-state index contributed by atoms with van der Waals surface area (Å²) in [5.74, 6) is 0. The van der Waals surface area contributed by atoms with E-state index in [0.717, 1.165) is 18.3 Å². The number of hydrogen-bond donors (Lipinski definition) is 1. The van der Waals surface area contributed by atoms with E-state index in [2.05, 4.69) is 5.32 Å². The van der Waals surface area contributed by atoms with Crippen LogP contribution in [-0.4, -0.2) is 31.2 Å². The summed E-state index contributed by atoms with van der Waals surface area (Å²) in [6, 6.07) is 9.09. The van der Waals surface area contributed by atoms with E-state index >= 15 is 0 Å². The monoisotopic (exact) mass is 195 g/mol. The average molecular weight is 195 g/mol. The molecule has 0 aliphatic carbocycles. The third-order valence-corrected chi connectivity index (χ3v) is 2.31. The van der Waals surface area contributed by atoms with Crippen LogP contribution in [0.4, 0.5) is 10.2 Å². The van der Waals surface area contributed by atoms with Gasteiger partial charge in [0.1, 0.15) is 0 Å². The minimum atomic E-state index is 0.592. The lowest BCUT2D eigenvalue weighted by Gasteiger charge is -2.32. The van der Waals surface area contributed by atoms with Gasteiger partial charge in [0, 0.05) is 26.2 Å². The molecular formula is C10H14FN3. The lowest BCUT2D eigenvalue weighted by molar-refractivity contribution is 0.128. The first kappa shape index (κ1) is 9.43. The Morgan fingerprint density at radius 2 is 1.79 bits per heavy atom. The Kier molecular flexibility index (Phi) is 2.96. The Bertz CT molecular complexity index is 272. The molecule has 0 saturated carbocycles. The zero-order valence-electron chi connectivity index (χ0n) is 7.99. The highest BCUT2D eigenvalue weighted by atomic mass is 19.2. The van der Waals surface area contributed by atoms with Gasteiger partial charge in [-0.15, -0.1) is 5.23 Å². The van der Waals surface area contributed by atoms with Crippen molar-refractivity contribution in [3.05, 3.63) is 30.3 Å². The quantitative estimate of drug-likeness (QED) is 0.715. The summed E-state index contributed by atoms with van der Waals surface area (Å²) in [6.45, 7) is 3.11. The van der Waals surface area contributed by atoms with Gasteiger partial charge in [-0.05, 0) is 12.1 Å². The van der Waals surface area contributed by atoms with Crippen molar-refractivity contribution >= 4 is 5.69 Å². The first-order valence-electron chi connectivity index (χ1n) is 4.84.